The van der Waals surface area contributed by atoms with Gasteiger partial charge in [-0.25, -0.2) is 4.79 Å². The molecule has 0 amide bonds. The Hall–Kier alpha value is -0.550. The van der Waals surface area contributed by atoms with Gasteiger partial charge in [0.2, 0.25) is 6.29 Å². The molecule has 4 nitrogen and oxygen atoms in total. The topological polar surface area (TPSA) is 38.8 Å². The molecule has 1 aliphatic heterocycles. The standard InChI is InChI=1S/C20H34BrNO3/c1-6-10-22(11-7-2)18-17(21)19(23)25-20(18)24-16-12-14(5)8-9-15(16)13(3)4/h13-16,20H,6-12H2,1-5H3/t14-,15+,16-,20?/m1/s1. The van der Waals surface area contributed by atoms with Crippen LogP contribution in [0.3, 0.4) is 0 Å². The number of carbonyl (C=O) groups is 1. The molecule has 0 aromatic rings. The molecule has 0 saturated heterocycles. The van der Waals surface area contributed by atoms with Crippen LogP contribution in [0.2, 0.25) is 0 Å². The third-order valence-corrected chi connectivity index (χ3v) is 6.16. The number of esters is 1. The molecule has 144 valence electrons. The van der Waals surface area contributed by atoms with Gasteiger partial charge in [0.15, 0.2) is 0 Å². The minimum absolute atomic E-state index is 0.153. The van der Waals surface area contributed by atoms with Crippen LogP contribution in [0.5, 0.6) is 0 Å². The Balaban J connectivity index is 2.19. The number of nitrogens with zero attached hydrogens (tertiary/aromatic N) is 1. The van der Waals surface area contributed by atoms with Crippen molar-refractivity contribution in [3.05, 3.63) is 10.2 Å². The van der Waals surface area contributed by atoms with Crippen LogP contribution >= 0.6 is 15.9 Å². The molecule has 2 rings (SSSR count). The van der Waals surface area contributed by atoms with Crippen LogP contribution in [0, 0.1) is 17.8 Å². The highest BCUT2D eigenvalue weighted by Gasteiger charge is 2.41. The lowest BCUT2D eigenvalue weighted by Crippen LogP contribution is -2.40. The van der Waals surface area contributed by atoms with Crippen LogP contribution in [0.4, 0.5) is 0 Å². The van der Waals surface area contributed by atoms with Crippen LogP contribution in [0.25, 0.3) is 0 Å². The number of carbonyl (C=O) groups excluding carboxylic acids is 1. The lowest BCUT2D eigenvalue weighted by Gasteiger charge is -2.39. The summed E-state index contributed by atoms with van der Waals surface area (Å²) in [5.74, 6) is 1.46. The maximum absolute atomic E-state index is 12.2. The molecule has 0 aromatic carbocycles. The predicted octanol–water partition coefficient (Wildman–Crippen LogP) is 5.08. The van der Waals surface area contributed by atoms with Crippen LogP contribution in [0.1, 0.15) is 66.7 Å². The summed E-state index contributed by atoms with van der Waals surface area (Å²) in [5.41, 5.74) is 0.884. The largest absolute Gasteiger partial charge is 0.426 e. The van der Waals surface area contributed by atoms with Crippen molar-refractivity contribution < 1.29 is 14.3 Å². The fourth-order valence-electron chi connectivity index (χ4n) is 4.12. The van der Waals surface area contributed by atoms with Gasteiger partial charge in [0.05, 0.1) is 6.10 Å². The molecule has 0 radical (unpaired) electrons. The summed E-state index contributed by atoms with van der Waals surface area (Å²) in [6.07, 6.45) is 5.13. The average Bonchev–Trinajstić information content (AvgIpc) is 2.81. The summed E-state index contributed by atoms with van der Waals surface area (Å²) >= 11 is 3.46. The monoisotopic (exact) mass is 415 g/mol. The first-order chi connectivity index (χ1) is 11.9. The van der Waals surface area contributed by atoms with E-state index in [9.17, 15) is 4.79 Å². The van der Waals surface area contributed by atoms with Crippen molar-refractivity contribution in [1.29, 1.82) is 0 Å². The van der Waals surface area contributed by atoms with Crippen molar-refractivity contribution in [3.63, 3.8) is 0 Å². The zero-order valence-corrected chi connectivity index (χ0v) is 18.0. The van der Waals surface area contributed by atoms with Gasteiger partial charge in [0, 0.05) is 13.1 Å². The highest BCUT2D eigenvalue weighted by atomic mass is 79.9. The zero-order chi connectivity index (χ0) is 18.6. The van der Waals surface area contributed by atoms with E-state index in [0.717, 1.165) is 38.0 Å². The summed E-state index contributed by atoms with van der Waals surface area (Å²) in [6, 6.07) is 0. The highest BCUT2D eigenvalue weighted by molar-refractivity contribution is 9.12. The predicted molar refractivity (Wildman–Crippen MR) is 104 cm³/mol. The molecule has 0 N–H and O–H groups in total. The summed E-state index contributed by atoms with van der Waals surface area (Å²) in [5, 5.41) is 0. The molecule has 25 heavy (non-hydrogen) atoms. The molecule has 5 heteroatoms. The van der Waals surface area contributed by atoms with Gasteiger partial charge in [-0.1, -0.05) is 41.0 Å². The molecule has 0 aromatic heterocycles. The van der Waals surface area contributed by atoms with Gasteiger partial charge in [-0.3, -0.25) is 0 Å². The molecule has 0 bridgehead atoms. The van der Waals surface area contributed by atoms with Crippen molar-refractivity contribution in [3.8, 4) is 0 Å². The average molecular weight is 416 g/mol. The molecule has 1 aliphatic carbocycles. The summed E-state index contributed by atoms with van der Waals surface area (Å²) in [6.45, 7) is 13.0. The van der Waals surface area contributed by atoms with Gasteiger partial charge in [-0.2, -0.15) is 0 Å². The van der Waals surface area contributed by atoms with E-state index in [1.807, 2.05) is 0 Å². The Labute approximate surface area is 161 Å². The van der Waals surface area contributed by atoms with Crippen LogP contribution in [-0.4, -0.2) is 36.4 Å². The Morgan fingerprint density at radius 1 is 1.24 bits per heavy atom. The van der Waals surface area contributed by atoms with Gasteiger partial charge in [0.25, 0.3) is 0 Å². The van der Waals surface area contributed by atoms with E-state index in [1.54, 1.807) is 0 Å². The van der Waals surface area contributed by atoms with Gasteiger partial charge >= 0.3 is 5.97 Å². The van der Waals surface area contributed by atoms with E-state index < -0.39 is 6.29 Å². The van der Waals surface area contributed by atoms with E-state index in [4.69, 9.17) is 9.47 Å². The summed E-state index contributed by atoms with van der Waals surface area (Å²) in [4.78, 5) is 14.4. The van der Waals surface area contributed by atoms with Crippen LogP contribution in [-0.2, 0) is 14.3 Å². The second kappa shape index (κ2) is 9.40. The summed E-state index contributed by atoms with van der Waals surface area (Å²) in [7, 11) is 0. The Morgan fingerprint density at radius 2 is 1.88 bits per heavy atom. The van der Waals surface area contributed by atoms with Crippen molar-refractivity contribution in [2.24, 2.45) is 17.8 Å². The van der Waals surface area contributed by atoms with Crippen molar-refractivity contribution in [2.45, 2.75) is 79.1 Å². The SMILES string of the molecule is CCCN(CCC)C1=C(Br)C(=O)OC1O[C@@H]1C[C@H](C)CC[C@H]1C(C)C. The van der Waals surface area contributed by atoms with Crippen LogP contribution in [0.15, 0.2) is 10.2 Å². The molecule has 1 unspecified atom stereocenters. The minimum Gasteiger partial charge on any atom is -0.426 e. The molecule has 1 fully saturated rings. The maximum atomic E-state index is 12.2. The van der Waals surface area contributed by atoms with E-state index in [-0.39, 0.29) is 12.1 Å². The van der Waals surface area contributed by atoms with E-state index in [2.05, 4.69) is 55.4 Å². The number of hydrogen-bond donors (Lipinski definition) is 0. The second-order valence-electron chi connectivity index (χ2n) is 7.92. The third-order valence-electron chi connectivity index (χ3n) is 5.43. The Kier molecular flexibility index (Phi) is 7.81. The first-order valence-electron chi connectivity index (χ1n) is 9.89. The summed E-state index contributed by atoms with van der Waals surface area (Å²) < 4.78 is 12.6. The smallest absolute Gasteiger partial charge is 0.349 e. The van der Waals surface area contributed by atoms with Gasteiger partial charge in [0.1, 0.15) is 10.2 Å². The highest BCUT2D eigenvalue weighted by Crippen LogP contribution is 2.39. The fourth-order valence-corrected chi connectivity index (χ4v) is 4.65. The molecule has 2 aliphatic rings. The lowest BCUT2D eigenvalue weighted by molar-refractivity contribution is -0.184. The number of ether oxygens (including phenoxy) is 2. The number of hydrogen-bond acceptors (Lipinski definition) is 4. The van der Waals surface area contributed by atoms with Crippen molar-refractivity contribution in [2.75, 3.05) is 13.1 Å². The van der Waals surface area contributed by atoms with E-state index in [1.165, 1.54) is 12.8 Å². The lowest BCUT2D eigenvalue weighted by atomic mass is 9.75. The minimum atomic E-state index is -0.573. The third kappa shape index (κ3) is 5.00. The van der Waals surface area contributed by atoms with Gasteiger partial charge in [-0.05, 0) is 59.4 Å². The Morgan fingerprint density at radius 3 is 2.44 bits per heavy atom. The van der Waals surface area contributed by atoms with Crippen LogP contribution < -0.4 is 0 Å². The quantitative estimate of drug-likeness (QED) is 0.518. The van der Waals surface area contributed by atoms with E-state index >= 15 is 0 Å². The molecule has 1 heterocycles. The normalized spacial score (nSPS) is 30.1. The van der Waals surface area contributed by atoms with Gasteiger partial charge in [-0.15, -0.1) is 0 Å². The zero-order valence-electron chi connectivity index (χ0n) is 16.4. The second-order valence-corrected chi connectivity index (χ2v) is 8.72. The first kappa shape index (κ1) is 20.8. The molecular weight excluding hydrogens is 382 g/mol. The number of cyclic esters (lactones) is 1. The number of rotatable bonds is 8. The molecule has 0 spiro atoms. The fraction of sp³-hybridized carbons (Fsp3) is 0.850. The number of halogens is 1. The van der Waals surface area contributed by atoms with Gasteiger partial charge < -0.3 is 14.4 Å². The molecule has 1 saturated carbocycles. The maximum Gasteiger partial charge on any atom is 0.349 e. The molecule has 4 atom stereocenters. The first-order valence-corrected chi connectivity index (χ1v) is 10.7. The van der Waals surface area contributed by atoms with Crippen molar-refractivity contribution >= 4 is 21.9 Å². The molecular formula is C20H34BrNO3. The van der Waals surface area contributed by atoms with Crippen molar-refractivity contribution in [1.82, 2.24) is 4.90 Å². The Bertz CT molecular complexity index is 485. The van der Waals surface area contributed by atoms with E-state index in [0.29, 0.717) is 22.2 Å².